The lowest BCUT2D eigenvalue weighted by molar-refractivity contribution is 0.0491. The Balaban J connectivity index is 1.87. The fourth-order valence-electron chi connectivity index (χ4n) is 2.32. The molecule has 2 saturated heterocycles. The highest BCUT2D eigenvalue weighted by Gasteiger charge is 2.25. The van der Waals surface area contributed by atoms with Crippen molar-refractivity contribution in [3.05, 3.63) is 12.3 Å². The van der Waals surface area contributed by atoms with Crippen LogP contribution in [0.2, 0.25) is 0 Å². The summed E-state index contributed by atoms with van der Waals surface area (Å²) in [6, 6.07) is 0. The molecule has 2 fully saturated rings. The van der Waals surface area contributed by atoms with Crippen molar-refractivity contribution in [3.8, 4) is 0 Å². The molecule has 0 unspecified atom stereocenters. The van der Waals surface area contributed by atoms with E-state index in [0.717, 1.165) is 26.3 Å². The molecule has 3 nitrogen and oxygen atoms in total. The first-order chi connectivity index (χ1) is 6.77. The van der Waals surface area contributed by atoms with Gasteiger partial charge in [0.1, 0.15) is 0 Å². The maximum Gasteiger partial charge on any atom is 0.0642 e. The molecule has 80 valence electrons. The Labute approximate surface area is 86.3 Å². The summed E-state index contributed by atoms with van der Waals surface area (Å²) in [5.74, 6) is 0.679. The van der Waals surface area contributed by atoms with Crippen LogP contribution in [0.25, 0.3) is 0 Å². The molecule has 1 atom stereocenters. The number of nitrogens with zero attached hydrogens (tertiary/aromatic N) is 2. The second-order valence-corrected chi connectivity index (χ2v) is 4.34. The molecule has 0 amide bonds. The van der Waals surface area contributed by atoms with Crippen LogP contribution in [0.4, 0.5) is 0 Å². The Hall–Kier alpha value is -0.540. The average Bonchev–Trinajstić information content (AvgIpc) is 2.65. The summed E-state index contributed by atoms with van der Waals surface area (Å²) in [5, 5.41) is 0. The van der Waals surface area contributed by atoms with Crippen LogP contribution in [-0.2, 0) is 4.74 Å². The lowest BCUT2D eigenvalue weighted by atomic mass is 10.0. The lowest BCUT2D eigenvalue weighted by Gasteiger charge is -2.33. The molecular weight excluding hydrogens is 176 g/mol. The van der Waals surface area contributed by atoms with Gasteiger partial charge in [-0.15, -0.1) is 0 Å². The molecule has 0 aliphatic carbocycles. The smallest absolute Gasteiger partial charge is 0.0642 e. The molecule has 0 aromatic heterocycles. The predicted molar refractivity (Wildman–Crippen MR) is 57.1 cm³/mol. The minimum absolute atomic E-state index is 0.679. The van der Waals surface area contributed by atoms with E-state index in [0.29, 0.717) is 5.92 Å². The second kappa shape index (κ2) is 4.32. The standard InChI is InChI=1S/C11H20N2O/c1-10(11-3-4-12(2)9-11)13-5-7-14-8-6-13/h11H,1,3-9H2,2H3/t11-/m0/s1. The molecule has 0 N–H and O–H groups in total. The van der Waals surface area contributed by atoms with E-state index in [1.165, 1.54) is 25.2 Å². The van der Waals surface area contributed by atoms with Crippen molar-refractivity contribution >= 4 is 0 Å². The minimum Gasteiger partial charge on any atom is -0.378 e. The van der Waals surface area contributed by atoms with E-state index in [2.05, 4.69) is 23.4 Å². The van der Waals surface area contributed by atoms with E-state index < -0.39 is 0 Å². The molecule has 0 aromatic rings. The fourth-order valence-corrected chi connectivity index (χ4v) is 2.32. The SMILES string of the molecule is C=C([C@H]1CCN(C)C1)N1CCOCC1. The van der Waals surface area contributed by atoms with Gasteiger partial charge in [0.05, 0.1) is 13.2 Å². The number of likely N-dealkylation sites (tertiary alicyclic amines) is 1. The van der Waals surface area contributed by atoms with Gasteiger partial charge < -0.3 is 14.5 Å². The highest BCUT2D eigenvalue weighted by molar-refractivity contribution is 5.04. The fraction of sp³-hybridized carbons (Fsp3) is 0.818. The van der Waals surface area contributed by atoms with Gasteiger partial charge in [0.2, 0.25) is 0 Å². The molecule has 0 radical (unpaired) electrons. The monoisotopic (exact) mass is 196 g/mol. The van der Waals surface area contributed by atoms with Crippen LogP contribution < -0.4 is 0 Å². The summed E-state index contributed by atoms with van der Waals surface area (Å²) in [4.78, 5) is 4.78. The topological polar surface area (TPSA) is 15.7 Å². The van der Waals surface area contributed by atoms with E-state index >= 15 is 0 Å². The van der Waals surface area contributed by atoms with Gasteiger partial charge in [0, 0.05) is 31.2 Å². The first-order valence-corrected chi connectivity index (χ1v) is 5.47. The molecule has 0 aromatic carbocycles. The number of hydrogen-bond donors (Lipinski definition) is 0. The Morgan fingerprint density at radius 2 is 2.00 bits per heavy atom. The van der Waals surface area contributed by atoms with Crippen molar-refractivity contribution < 1.29 is 4.74 Å². The maximum absolute atomic E-state index is 5.34. The van der Waals surface area contributed by atoms with Gasteiger partial charge in [-0.3, -0.25) is 0 Å². The predicted octanol–water partition coefficient (Wildman–Crippen LogP) is 0.784. The van der Waals surface area contributed by atoms with Crippen molar-refractivity contribution in [3.63, 3.8) is 0 Å². The molecule has 2 heterocycles. The van der Waals surface area contributed by atoms with Crippen LogP contribution in [0.15, 0.2) is 12.3 Å². The van der Waals surface area contributed by atoms with Crippen molar-refractivity contribution in [1.29, 1.82) is 0 Å². The Kier molecular flexibility index (Phi) is 3.08. The van der Waals surface area contributed by atoms with Gasteiger partial charge in [0.25, 0.3) is 0 Å². The number of hydrogen-bond acceptors (Lipinski definition) is 3. The molecular formula is C11H20N2O. The van der Waals surface area contributed by atoms with Gasteiger partial charge in [0.15, 0.2) is 0 Å². The van der Waals surface area contributed by atoms with Gasteiger partial charge in [-0.2, -0.15) is 0 Å². The summed E-state index contributed by atoms with van der Waals surface area (Å²) in [6.07, 6.45) is 1.27. The van der Waals surface area contributed by atoms with Crippen LogP contribution in [0, 0.1) is 5.92 Å². The summed E-state index contributed by atoms with van der Waals surface area (Å²) >= 11 is 0. The molecule has 0 bridgehead atoms. The average molecular weight is 196 g/mol. The third-order valence-corrected chi connectivity index (χ3v) is 3.28. The number of morpholine rings is 1. The number of ether oxygens (including phenoxy) is 1. The highest BCUT2D eigenvalue weighted by Crippen LogP contribution is 2.24. The molecule has 3 heteroatoms. The minimum atomic E-state index is 0.679. The molecule has 0 saturated carbocycles. The molecule has 2 rings (SSSR count). The van der Waals surface area contributed by atoms with E-state index in [-0.39, 0.29) is 0 Å². The van der Waals surface area contributed by atoms with Crippen LogP contribution >= 0.6 is 0 Å². The van der Waals surface area contributed by atoms with Gasteiger partial charge >= 0.3 is 0 Å². The van der Waals surface area contributed by atoms with E-state index in [9.17, 15) is 0 Å². The zero-order valence-electron chi connectivity index (χ0n) is 9.04. The van der Waals surface area contributed by atoms with E-state index in [1.807, 2.05) is 0 Å². The lowest BCUT2D eigenvalue weighted by Crippen LogP contribution is -2.37. The zero-order chi connectivity index (χ0) is 9.97. The summed E-state index contributed by atoms with van der Waals surface area (Å²) in [5.41, 5.74) is 1.33. The largest absolute Gasteiger partial charge is 0.378 e. The van der Waals surface area contributed by atoms with Crippen LogP contribution in [0.5, 0.6) is 0 Å². The summed E-state index contributed by atoms with van der Waals surface area (Å²) < 4.78 is 5.34. The molecule has 14 heavy (non-hydrogen) atoms. The normalized spacial score (nSPS) is 29.5. The number of rotatable bonds is 2. The molecule has 2 aliphatic heterocycles. The summed E-state index contributed by atoms with van der Waals surface area (Å²) in [7, 11) is 2.19. The van der Waals surface area contributed by atoms with E-state index in [1.54, 1.807) is 0 Å². The van der Waals surface area contributed by atoms with Crippen molar-refractivity contribution in [1.82, 2.24) is 9.80 Å². The second-order valence-electron chi connectivity index (χ2n) is 4.34. The Bertz CT molecular complexity index is 205. The van der Waals surface area contributed by atoms with Gasteiger partial charge in [-0.1, -0.05) is 6.58 Å². The summed E-state index contributed by atoms with van der Waals surface area (Å²) in [6.45, 7) is 10.4. The third kappa shape index (κ3) is 2.10. The van der Waals surface area contributed by atoms with Crippen LogP contribution in [0.3, 0.4) is 0 Å². The maximum atomic E-state index is 5.34. The van der Waals surface area contributed by atoms with Crippen molar-refractivity contribution in [2.75, 3.05) is 46.4 Å². The first kappa shape index (κ1) is 9.99. The molecule has 0 spiro atoms. The van der Waals surface area contributed by atoms with Crippen LogP contribution in [-0.4, -0.2) is 56.2 Å². The Morgan fingerprint density at radius 1 is 1.29 bits per heavy atom. The van der Waals surface area contributed by atoms with Crippen molar-refractivity contribution in [2.24, 2.45) is 5.92 Å². The Morgan fingerprint density at radius 3 is 2.57 bits per heavy atom. The van der Waals surface area contributed by atoms with Crippen molar-refractivity contribution in [2.45, 2.75) is 6.42 Å². The highest BCUT2D eigenvalue weighted by atomic mass is 16.5. The van der Waals surface area contributed by atoms with Crippen LogP contribution in [0.1, 0.15) is 6.42 Å². The third-order valence-electron chi connectivity index (χ3n) is 3.28. The quantitative estimate of drug-likeness (QED) is 0.649. The van der Waals surface area contributed by atoms with E-state index in [4.69, 9.17) is 4.74 Å². The first-order valence-electron chi connectivity index (χ1n) is 5.47. The molecule has 2 aliphatic rings. The van der Waals surface area contributed by atoms with Gasteiger partial charge in [-0.25, -0.2) is 0 Å². The zero-order valence-corrected chi connectivity index (χ0v) is 9.04. The van der Waals surface area contributed by atoms with Gasteiger partial charge in [-0.05, 0) is 20.0 Å².